The first-order valence-corrected chi connectivity index (χ1v) is 23.4. The Bertz CT molecular complexity index is 4210. The molecule has 1 aliphatic carbocycles. The van der Waals surface area contributed by atoms with Gasteiger partial charge in [0, 0.05) is 32.7 Å². The van der Waals surface area contributed by atoms with Gasteiger partial charge in [0.05, 0.1) is 34.5 Å². The monoisotopic (exact) mass is 880 g/mol. The van der Waals surface area contributed by atoms with E-state index in [1.54, 1.807) is 0 Å². The summed E-state index contributed by atoms with van der Waals surface area (Å²) in [5.74, 6) is 1.72. The standard InChI is InChI=1S/C63H38N5O/c1-3-17-42(18-4-1)63(43-19-5-2-6-20-43)53-32-29-40-38-52(53)57-51(25-14-26-54(57)63)61-64-60(41-16-13-15-39(37-41)45-21-7-8-22-46(40)45)65-62(66-61)67-35-33-44(34-36-67)68-55-27-11-9-23-47(55)49-30-31-50-48-24-10-12-28-56(48)69-59(50)58(49)68/h1-38H/q+1. The number of aromatic nitrogens is 5. The maximum Gasteiger partial charge on any atom is 0.441 e. The molecule has 0 N–H and O–H groups in total. The van der Waals surface area contributed by atoms with Gasteiger partial charge in [-0.05, 0) is 120 Å². The van der Waals surface area contributed by atoms with E-state index in [0.29, 0.717) is 17.6 Å². The summed E-state index contributed by atoms with van der Waals surface area (Å²) < 4.78 is 11.0. The number of rotatable bonds is 4. The van der Waals surface area contributed by atoms with Crippen LogP contribution >= 0.6 is 0 Å². The molecule has 320 valence electrons. The van der Waals surface area contributed by atoms with Crippen molar-refractivity contribution in [1.29, 1.82) is 0 Å². The fourth-order valence-corrected chi connectivity index (χ4v) is 11.6. The van der Waals surface area contributed by atoms with E-state index >= 15 is 0 Å². The molecule has 0 amide bonds. The predicted octanol–water partition coefficient (Wildman–Crippen LogP) is 14.5. The van der Waals surface area contributed by atoms with Crippen LogP contribution in [0, 0.1) is 0 Å². The maximum atomic E-state index is 6.66. The van der Waals surface area contributed by atoms with E-state index in [2.05, 4.69) is 223 Å². The fourth-order valence-electron chi connectivity index (χ4n) is 11.6. The molecule has 13 aromatic rings. The third-order valence-corrected chi connectivity index (χ3v) is 14.6. The molecular weight excluding hydrogens is 843 g/mol. The first-order chi connectivity index (χ1) is 34.2. The van der Waals surface area contributed by atoms with E-state index in [1.165, 1.54) is 33.2 Å². The highest BCUT2D eigenvalue weighted by Gasteiger charge is 2.47. The van der Waals surface area contributed by atoms with Gasteiger partial charge in [0.2, 0.25) is 11.6 Å². The highest BCUT2D eigenvalue weighted by molar-refractivity contribution is 6.21. The molecule has 0 fully saturated rings. The van der Waals surface area contributed by atoms with E-state index in [4.69, 9.17) is 19.4 Å². The van der Waals surface area contributed by atoms with E-state index < -0.39 is 5.41 Å². The number of para-hydroxylation sites is 2. The van der Waals surface area contributed by atoms with Crippen molar-refractivity contribution in [3.05, 3.63) is 253 Å². The number of benzene rings is 9. The molecule has 6 nitrogen and oxygen atoms in total. The van der Waals surface area contributed by atoms with Crippen LogP contribution in [0.5, 0.6) is 0 Å². The zero-order chi connectivity index (χ0) is 45.2. The molecule has 2 aliphatic rings. The lowest BCUT2D eigenvalue weighted by molar-refractivity contribution is -0.603. The van der Waals surface area contributed by atoms with Gasteiger partial charge in [-0.15, -0.1) is 0 Å². The van der Waals surface area contributed by atoms with Crippen molar-refractivity contribution < 1.29 is 8.98 Å². The van der Waals surface area contributed by atoms with Gasteiger partial charge >= 0.3 is 5.95 Å². The maximum absolute atomic E-state index is 6.66. The van der Waals surface area contributed by atoms with Crippen molar-refractivity contribution >= 4 is 43.7 Å². The number of pyridine rings is 1. The van der Waals surface area contributed by atoms with Crippen LogP contribution in [-0.4, -0.2) is 19.5 Å². The van der Waals surface area contributed by atoms with Crippen molar-refractivity contribution in [3.8, 4) is 67.8 Å². The highest BCUT2D eigenvalue weighted by atomic mass is 16.3. The molecule has 0 saturated carbocycles. The van der Waals surface area contributed by atoms with Gasteiger partial charge in [-0.2, -0.15) is 4.98 Å². The van der Waals surface area contributed by atoms with Gasteiger partial charge in [0.15, 0.2) is 5.58 Å². The first-order valence-electron chi connectivity index (χ1n) is 23.4. The minimum atomic E-state index is -0.605. The average Bonchev–Trinajstić information content (AvgIpc) is 4.08. The van der Waals surface area contributed by atoms with E-state index in [-0.39, 0.29) is 0 Å². The van der Waals surface area contributed by atoms with Crippen molar-refractivity contribution in [3.63, 3.8) is 0 Å². The third-order valence-electron chi connectivity index (χ3n) is 14.6. The van der Waals surface area contributed by atoms with Gasteiger partial charge in [-0.3, -0.25) is 0 Å². The van der Waals surface area contributed by atoms with Gasteiger partial charge in [0.1, 0.15) is 5.58 Å². The van der Waals surface area contributed by atoms with Crippen molar-refractivity contribution in [1.82, 2.24) is 19.5 Å². The minimum Gasteiger partial charge on any atom is -0.454 e. The van der Waals surface area contributed by atoms with Crippen LogP contribution in [0.15, 0.2) is 235 Å². The Morgan fingerprint density at radius 2 is 1.06 bits per heavy atom. The zero-order valence-electron chi connectivity index (χ0n) is 37.1. The van der Waals surface area contributed by atoms with Crippen molar-refractivity contribution in [2.75, 3.05) is 0 Å². The summed E-state index contributed by atoms with van der Waals surface area (Å²) in [6, 6.07) is 78.5. The average molecular weight is 881 g/mol. The van der Waals surface area contributed by atoms with Gasteiger partial charge < -0.3 is 8.98 Å². The number of hydrogen-bond acceptors (Lipinski definition) is 4. The number of fused-ring (bicyclic) bond motifs is 17. The second kappa shape index (κ2) is 14.4. The molecule has 0 saturated heterocycles. The van der Waals surface area contributed by atoms with Crippen LogP contribution in [-0.2, 0) is 5.41 Å². The van der Waals surface area contributed by atoms with Crippen molar-refractivity contribution in [2.45, 2.75) is 5.41 Å². The van der Waals surface area contributed by atoms with Crippen molar-refractivity contribution in [2.24, 2.45) is 0 Å². The molecule has 0 radical (unpaired) electrons. The predicted molar refractivity (Wildman–Crippen MR) is 276 cm³/mol. The van der Waals surface area contributed by atoms with Crippen LogP contribution in [0.3, 0.4) is 0 Å². The number of furan rings is 1. The Kier molecular flexibility index (Phi) is 7.89. The van der Waals surface area contributed by atoms with E-state index in [9.17, 15) is 0 Å². The van der Waals surface area contributed by atoms with Crippen LogP contribution in [0.2, 0.25) is 0 Å². The lowest BCUT2D eigenvalue weighted by atomic mass is 9.67. The molecule has 0 spiro atoms. The summed E-state index contributed by atoms with van der Waals surface area (Å²) >= 11 is 0. The largest absolute Gasteiger partial charge is 0.454 e. The summed E-state index contributed by atoms with van der Waals surface area (Å²) in [7, 11) is 0. The normalized spacial score (nSPS) is 13.0. The van der Waals surface area contributed by atoms with E-state index in [0.717, 1.165) is 83.0 Å². The molecule has 9 aromatic carbocycles. The summed E-state index contributed by atoms with van der Waals surface area (Å²) in [5, 5.41) is 4.51. The highest BCUT2D eigenvalue weighted by Crippen LogP contribution is 2.59. The van der Waals surface area contributed by atoms with Crippen LogP contribution in [0.1, 0.15) is 22.3 Å². The molecule has 69 heavy (non-hydrogen) atoms. The topological polar surface area (TPSA) is 60.6 Å². The Hall–Kier alpha value is -9.26. The van der Waals surface area contributed by atoms with Crippen LogP contribution < -0.4 is 4.57 Å². The molecule has 1 aliphatic heterocycles. The Labute approximate surface area is 396 Å². The SMILES string of the molecule is c1ccc(C2(c3ccccc3)c3ccc4cc3-c3c(cccc32)-c2nc(nc(-[n+]3ccc(-n5c6ccccc6c6ccc7c8ccccc8oc7c65)cc3)n2)-c2cccc(c2)-c2ccccc2-4)cc1. The second-order valence-corrected chi connectivity index (χ2v) is 18.1. The lowest BCUT2D eigenvalue weighted by Gasteiger charge is -2.34. The van der Waals surface area contributed by atoms with Crippen LogP contribution in [0.4, 0.5) is 0 Å². The van der Waals surface area contributed by atoms with Gasteiger partial charge in [-0.1, -0.05) is 164 Å². The smallest absolute Gasteiger partial charge is 0.441 e. The summed E-state index contributed by atoms with van der Waals surface area (Å²) in [4.78, 5) is 16.1. The third kappa shape index (κ3) is 5.37. The Morgan fingerprint density at radius 1 is 0.420 bits per heavy atom. The second-order valence-electron chi connectivity index (χ2n) is 18.1. The Morgan fingerprint density at radius 3 is 1.86 bits per heavy atom. The zero-order valence-corrected chi connectivity index (χ0v) is 37.1. The summed E-state index contributed by atoms with van der Waals surface area (Å²) in [6.07, 6.45) is 4.12. The summed E-state index contributed by atoms with van der Waals surface area (Å²) in [6.45, 7) is 0. The summed E-state index contributed by atoms with van der Waals surface area (Å²) in [5.41, 5.74) is 17.8. The molecule has 15 rings (SSSR count). The molecule has 0 unspecified atom stereocenters. The fraction of sp³-hybridized carbons (Fsp3) is 0.0159. The van der Waals surface area contributed by atoms with Crippen LogP contribution in [0.25, 0.3) is 112 Å². The molecule has 4 aromatic heterocycles. The lowest BCUT2D eigenvalue weighted by Crippen LogP contribution is -2.33. The van der Waals surface area contributed by atoms with Gasteiger partial charge in [0.25, 0.3) is 0 Å². The number of nitrogens with zero attached hydrogens (tertiary/aromatic N) is 5. The molecule has 5 heterocycles. The number of hydrogen-bond donors (Lipinski definition) is 0. The van der Waals surface area contributed by atoms with E-state index in [1.807, 2.05) is 16.7 Å². The molecular formula is C63H38N5O+. The first kappa shape index (κ1) is 37.9. The quantitative estimate of drug-likeness (QED) is 0.165. The van der Waals surface area contributed by atoms with Gasteiger partial charge in [-0.25, -0.2) is 4.57 Å². The minimum absolute atomic E-state index is 0.520. The molecule has 6 heteroatoms. The Balaban J connectivity index is 0.982. The molecule has 0 atom stereocenters. The molecule has 6 bridgehead atoms.